The molecule has 0 aliphatic rings. The van der Waals surface area contributed by atoms with Crippen LogP contribution in [0.4, 0.5) is 0 Å². The molecule has 2 nitrogen and oxygen atoms in total. The van der Waals surface area contributed by atoms with E-state index in [2.05, 4.69) is 0 Å². The molecule has 0 fully saturated rings. The topological polar surface area (TPSA) is 52.0 Å². The predicted octanol–water partition coefficient (Wildman–Crippen LogP) is 0.00580. The second kappa shape index (κ2) is 3.78. The third kappa shape index (κ3) is 2.78. The highest BCUT2D eigenvalue weighted by Gasteiger charge is 1.53. The zero-order chi connectivity index (χ0) is 3.41. The van der Waals surface area contributed by atoms with Crippen molar-refractivity contribution in [2.45, 2.75) is 0 Å². The van der Waals surface area contributed by atoms with Crippen molar-refractivity contribution >= 4 is 16.8 Å². The molecule has 0 aromatic carbocycles. The maximum absolute atomic E-state index is 4.94. The summed E-state index contributed by atoms with van der Waals surface area (Å²) in [6, 6.07) is 0. The van der Waals surface area contributed by atoms with Crippen LogP contribution in [0.5, 0.6) is 0 Å². The van der Waals surface area contributed by atoms with E-state index in [4.69, 9.17) is 11.0 Å². The summed E-state index contributed by atoms with van der Waals surface area (Å²) < 4.78 is 0. The van der Waals surface area contributed by atoms with Crippen molar-refractivity contribution in [2.75, 3.05) is 0 Å². The summed E-state index contributed by atoms with van der Waals surface area (Å²) in [5, 5.41) is 0. The molecule has 26 valence electrons. The maximum atomic E-state index is 4.94. The van der Waals surface area contributed by atoms with Gasteiger partial charge in [-0.2, -0.15) is 0 Å². The molecule has 0 saturated carbocycles. The third-order valence-corrected chi connectivity index (χ3v) is 0.750. The van der Waals surface area contributed by atoms with E-state index >= 15 is 0 Å². The van der Waals surface area contributed by atoms with Crippen LogP contribution in [0.3, 0.4) is 0 Å². The summed E-state index contributed by atoms with van der Waals surface area (Å²) in [6.45, 7) is 0. The molecular formula is H6N2P2. The van der Waals surface area contributed by atoms with Gasteiger partial charge in [0.2, 0.25) is 0 Å². The quantitative estimate of drug-likeness (QED) is 0.451. The zero-order valence-electron chi connectivity index (χ0n) is 2.15. The van der Waals surface area contributed by atoms with Gasteiger partial charge >= 0.3 is 0 Å². The molecule has 0 amide bonds. The molecule has 2 unspecified atom stereocenters. The summed E-state index contributed by atoms with van der Waals surface area (Å²) in [4.78, 5) is 0. The van der Waals surface area contributed by atoms with Gasteiger partial charge in [-0.05, 0) is 16.8 Å². The molecule has 0 aromatic heterocycles. The van der Waals surface area contributed by atoms with E-state index in [-0.39, 0.29) is 0 Å². The molecule has 2 atom stereocenters. The predicted molar refractivity (Wildman–Crippen MR) is 25.0 cm³/mol. The summed E-state index contributed by atoms with van der Waals surface area (Å²) in [5.41, 5.74) is 9.89. The van der Waals surface area contributed by atoms with Crippen molar-refractivity contribution in [3.63, 3.8) is 0 Å². The molecule has 0 aromatic rings. The fraction of sp³-hybridized carbons (Fsp3) is 0. The van der Waals surface area contributed by atoms with Crippen LogP contribution in [-0.2, 0) is 0 Å². The first-order valence-electron chi connectivity index (χ1n) is 0.827. The molecule has 4 N–H and O–H groups in total. The lowest BCUT2D eigenvalue weighted by Crippen LogP contribution is -1.67. The number of rotatable bonds is 1. The first kappa shape index (κ1) is 4.78. The first-order valence-corrected chi connectivity index (χ1v) is 3.98. The minimum atomic E-state index is 0.446. The highest BCUT2D eigenvalue weighted by atomic mass is 32.0. The lowest BCUT2D eigenvalue weighted by atomic mass is 13.9. The van der Waals surface area contributed by atoms with Crippen LogP contribution in [0, 0.1) is 0 Å². The minimum absolute atomic E-state index is 0.446. The van der Waals surface area contributed by atoms with Gasteiger partial charge in [-0.1, -0.05) is 0 Å². The van der Waals surface area contributed by atoms with E-state index in [1.165, 1.54) is 0 Å². The van der Waals surface area contributed by atoms with Crippen LogP contribution >= 0.6 is 16.8 Å². The monoisotopic (exact) mass is 96.0 g/mol. The Balaban J connectivity index is 1.97. The van der Waals surface area contributed by atoms with Gasteiger partial charge in [0.05, 0.1) is 0 Å². The number of hydrogen-bond acceptors (Lipinski definition) is 2. The van der Waals surface area contributed by atoms with Gasteiger partial charge in [-0.15, -0.1) is 0 Å². The van der Waals surface area contributed by atoms with Crippen LogP contribution in [0.1, 0.15) is 0 Å². The molecule has 0 heterocycles. The van der Waals surface area contributed by atoms with Crippen molar-refractivity contribution < 1.29 is 0 Å². The molecule has 0 spiro atoms. The largest absolute Gasteiger partial charge is 0.308 e. The van der Waals surface area contributed by atoms with E-state index < -0.39 is 0 Å². The molecule has 0 rings (SSSR count). The van der Waals surface area contributed by atoms with Crippen LogP contribution < -0.4 is 11.0 Å². The summed E-state index contributed by atoms with van der Waals surface area (Å²) >= 11 is 0. The second-order valence-corrected chi connectivity index (χ2v) is 2.60. The van der Waals surface area contributed by atoms with Gasteiger partial charge in [-0.25, -0.2) is 0 Å². The molecule has 0 saturated heterocycles. The summed E-state index contributed by atoms with van der Waals surface area (Å²) in [6.07, 6.45) is 0. The van der Waals surface area contributed by atoms with E-state index in [0.717, 1.165) is 0 Å². The van der Waals surface area contributed by atoms with E-state index in [0.29, 0.717) is 16.8 Å². The summed E-state index contributed by atoms with van der Waals surface area (Å²) in [7, 11) is 0.892. The molecule has 0 aliphatic carbocycles. The van der Waals surface area contributed by atoms with Gasteiger partial charge in [0, 0.05) is 0 Å². The second-order valence-electron chi connectivity index (χ2n) is 0.289. The number of nitrogens with two attached hydrogens (primary N) is 2. The minimum Gasteiger partial charge on any atom is -0.308 e. The van der Waals surface area contributed by atoms with Gasteiger partial charge in [-0.3, -0.25) is 0 Å². The third-order valence-electron chi connectivity index (χ3n) is 0.0833. The highest BCUT2D eigenvalue weighted by molar-refractivity contribution is 8.09. The lowest BCUT2D eigenvalue weighted by molar-refractivity contribution is 2.01. The van der Waals surface area contributed by atoms with Crippen molar-refractivity contribution in [3.05, 3.63) is 0 Å². The van der Waals surface area contributed by atoms with Crippen molar-refractivity contribution in [1.29, 1.82) is 0 Å². The molecular weight excluding hydrogens is 90.0 g/mol. The smallest absolute Gasteiger partial charge is 0.0189 e. The van der Waals surface area contributed by atoms with Crippen molar-refractivity contribution in [3.8, 4) is 0 Å². The van der Waals surface area contributed by atoms with E-state index in [1.54, 1.807) is 0 Å². The van der Waals surface area contributed by atoms with Gasteiger partial charge in [0.15, 0.2) is 0 Å². The van der Waals surface area contributed by atoms with Crippen LogP contribution in [0.15, 0.2) is 0 Å². The first-order chi connectivity index (χ1) is 1.91. The lowest BCUT2D eigenvalue weighted by Gasteiger charge is -1.72. The van der Waals surface area contributed by atoms with E-state index in [9.17, 15) is 0 Å². The molecule has 0 aliphatic heterocycles. The Kier molecular flexibility index (Phi) is 4.52. The SMILES string of the molecule is NPPN. The van der Waals surface area contributed by atoms with Gasteiger partial charge in [0.1, 0.15) is 0 Å². The van der Waals surface area contributed by atoms with Gasteiger partial charge < -0.3 is 11.0 Å². The Morgan fingerprint density at radius 1 is 1.00 bits per heavy atom. The maximum Gasteiger partial charge on any atom is -0.0189 e. The standard InChI is InChI=1S/H6N2P2/c1-3-4-2/h3-4H,1-2H2. The van der Waals surface area contributed by atoms with Crippen molar-refractivity contribution in [2.24, 2.45) is 11.0 Å². The average molecular weight is 96.0 g/mol. The molecule has 0 bridgehead atoms. The molecule has 0 radical (unpaired) electrons. The molecule has 4 heavy (non-hydrogen) atoms. The van der Waals surface area contributed by atoms with Crippen LogP contribution in [0.25, 0.3) is 0 Å². The Bertz CT molecular complexity index is 6.00. The fourth-order valence-electron chi connectivity index (χ4n) is 0. The number of hydrogen-bond donors (Lipinski definition) is 2. The zero-order valence-corrected chi connectivity index (χ0v) is 4.15. The highest BCUT2D eigenvalue weighted by Crippen LogP contribution is 2.18. The Morgan fingerprint density at radius 3 is 1.25 bits per heavy atom. The van der Waals surface area contributed by atoms with Crippen LogP contribution in [0.2, 0.25) is 0 Å². The van der Waals surface area contributed by atoms with E-state index in [1.807, 2.05) is 0 Å². The Hall–Kier alpha value is 0.780. The average Bonchev–Trinajstić information content (AvgIpc) is 1.37. The molecule has 4 heteroatoms. The summed E-state index contributed by atoms with van der Waals surface area (Å²) in [5.74, 6) is 0. The van der Waals surface area contributed by atoms with Crippen LogP contribution in [-0.4, -0.2) is 0 Å². The fourth-order valence-corrected chi connectivity index (χ4v) is 0. The normalized spacial score (nSPS) is 13.5. The Morgan fingerprint density at radius 2 is 1.25 bits per heavy atom. The van der Waals surface area contributed by atoms with Crippen molar-refractivity contribution in [1.82, 2.24) is 0 Å². The van der Waals surface area contributed by atoms with Gasteiger partial charge in [0.25, 0.3) is 0 Å². The Labute approximate surface area is 28.9 Å².